The number of aliphatic hydroxyl groups is 1. The van der Waals surface area contributed by atoms with E-state index in [1.165, 1.54) is 6.07 Å². The Morgan fingerprint density at radius 1 is 1.07 bits per heavy atom. The highest BCUT2D eigenvalue weighted by atomic mass is 19.4. The normalized spacial score (nSPS) is 13.9. The molecule has 0 aliphatic carbocycles. The zero-order chi connectivity index (χ0) is 20.2. The fourth-order valence-corrected chi connectivity index (χ4v) is 2.86. The van der Waals surface area contributed by atoms with E-state index in [0.717, 1.165) is 25.3 Å². The summed E-state index contributed by atoms with van der Waals surface area (Å²) >= 11 is 0. The van der Waals surface area contributed by atoms with Crippen molar-refractivity contribution in [2.75, 3.05) is 13.2 Å². The van der Waals surface area contributed by atoms with Gasteiger partial charge in [0.05, 0.1) is 23.7 Å². The number of para-hydroxylation sites is 1. The highest BCUT2D eigenvalue weighted by molar-refractivity contribution is 5.86. The largest absolute Gasteiger partial charge is 0.433 e. The van der Waals surface area contributed by atoms with Crippen LogP contribution >= 0.6 is 0 Å². The lowest BCUT2D eigenvalue weighted by atomic mass is 9.98. The lowest BCUT2D eigenvalue weighted by Gasteiger charge is -2.21. The van der Waals surface area contributed by atoms with Crippen LogP contribution in [0.1, 0.15) is 49.0 Å². The highest BCUT2D eigenvalue weighted by Gasteiger charge is 2.38. The first-order valence-corrected chi connectivity index (χ1v) is 8.51. The van der Waals surface area contributed by atoms with Crippen LogP contribution in [0.4, 0.5) is 26.3 Å². The second kappa shape index (κ2) is 8.43. The fourth-order valence-electron chi connectivity index (χ4n) is 2.86. The van der Waals surface area contributed by atoms with E-state index < -0.39 is 41.8 Å². The van der Waals surface area contributed by atoms with Crippen molar-refractivity contribution < 1.29 is 31.4 Å². The van der Waals surface area contributed by atoms with Gasteiger partial charge in [-0.15, -0.1) is 0 Å². The Bertz CT molecular complexity index is 773. The van der Waals surface area contributed by atoms with Crippen molar-refractivity contribution >= 4 is 10.9 Å². The summed E-state index contributed by atoms with van der Waals surface area (Å²) in [5, 5.41) is 12.5. The average Bonchev–Trinajstić information content (AvgIpc) is 2.59. The van der Waals surface area contributed by atoms with Crippen molar-refractivity contribution in [3.8, 4) is 0 Å². The molecule has 0 spiro atoms. The molecule has 1 unspecified atom stereocenters. The number of pyridine rings is 1. The number of alkyl halides is 6. The first-order chi connectivity index (χ1) is 12.6. The number of fused-ring (bicyclic) bond motifs is 1. The molecule has 2 rings (SSSR count). The first-order valence-electron chi connectivity index (χ1n) is 8.51. The van der Waals surface area contributed by atoms with Crippen LogP contribution in [-0.4, -0.2) is 23.2 Å². The number of nitrogens with zero attached hydrogens (tertiary/aromatic N) is 1. The quantitative estimate of drug-likeness (QED) is 0.508. The molecule has 0 aliphatic rings. The summed E-state index contributed by atoms with van der Waals surface area (Å²) in [5.41, 5.74) is -3.49. The van der Waals surface area contributed by atoms with Crippen LogP contribution in [0.3, 0.4) is 0 Å². The standard InChI is InChI=1S/C18H20F6N2O/c1-2-3-4-8-25-14(10-27)12-9-15(18(22,23)24)26-16-11(12)6-5-7-13(16)17(19,20)21/h5-7,9,14,25,27H,2-4,8,10H2,1H3. The number of hydrogen-bond acceptors (Lipinski definition) is 3. The maximum absolute atomic E-state index is 13.3. The Kier molecular flexibility index (Phi) is 6.69. The molecule has 1 heterocycles. The van der Waals surface area contributed by atoms with E-state index in [1.807, 2.05) is 6.92 Å². The lowest BCUT2D eigenvalue weighted by molar-refractivity contribution is -0.142. The van der Waals surface area contributed by atoms with E-state index in [1.54, 1.807) is 0 Å². The van der Waals surface area contributed by atoms with Gasteiger partial charge < -0.3 is 10.4 Å². The van der Waals surface area contributed by atoms with Gasteiger partial charge in [0.25, 0.3) is 0 Å². The molecule has 1 aromatic carbocycles. The molecule has 1 atom stereocenters. The third kappa shape index (κ3) is 5.10. The number of rotatable bonds is 7. The van der Waals surface area contributed by atoms with Gasteiger partial charge in [0, 0.05) is 5.39 Å². The number of benzene rings is 1. The summed E-state index contributed by atoms with van der Waals surface area (Å²) in [4.78, 5) is 3.25. The minimum absolute atomic E-state index is 0.0579. The Morgan fingerprint density at radius 3 is 2.33 bits per heavy atom. The van der Waals surface area contributed by atoms with Crippen LogP contribution in [0.2, 0.25) is 0 Å². The van der Waals surface area contributed by atoms with E-state index in [9.17, 15) is 31.4 Å². The molecule has 0 radical (unpaired) electrons. The highest BCUT2D eigenvalue weighted by Crippen LogP contribution is 2.38. The van der Waals surface area contributed by atoms with Crippen molar-refractivity contribution in [2.45, 2.75) is 44.6 Å². The van der Waals surface area contributed by atoms with Crippen LogP contribution < -0.4 is 5.32 Å². The summed E-state index contributed by atoms with van der Waals surface area (Å²) in [5.74, 6) is 0. The number of aromatic nitrogens is 1. The predicted octanol–water partition coefficient (Wildman–Crippen LogP) is 5.09. The van der Waals surface area contributed by atoms with Gasteiger partial charge in [-0.1, -0.05) is 31.9 Å². The third-order valence-corrected chi connectivity index (χ3v) is 4.20. The molecule has 0 aliphatic heterocycles. The van der Waals surface area contributed by atoms with Gasteiger partial charge in [-0.25, -0.2) is 4.98 Å². The Balaban J connectivity index is 2.62. The summed E-state index contributed by atoms with van der Waals surface area (Å²) in [6.07, 6.45) is -7.22. The van der Waals surface area contributed by atoms with Crippen molar-refractivity contribution in [1.82, 2.24) is 10.3 Å². The number of nitrogens with one attached hydrogen (secondary N) is 1. The molecular weight excluding hydrogens is 374 g/mol. The lowest BCUT2D eigenvalue weighted by Crippen LogP contribution is -2.26. The molecule has 2 aromatic rings. The van der Waals surface area contributed by atoms with Gasteiger partial charge in [-0.3, -0.25) is 0 Å². The molecule has 9 heteroatoms. The molecule has 1 aromatic heterocycles. The van der Waals surface area contributed by atoms with Gasteiger partial charge in [0.1, 0.15) is 5.69 Å². The van der Waals surface area contributed by atoms with Crippen LogP contribution in [0.25, 0.3) is 10.9 Å². The Labute approximate surface area is 152 Å². The van der Waals surface area contributed by atoms with E-state index >= 15 is 0 Å². The smallest absolute Gasteiger partial charge is 0.394 e. The molecule has 27 heavy (non-hydrogen) atoms. The van der Waals surface area contributed by atoms with E-state index in [-0.39, 0.29) is 10.9 Å². The fraction of sp³-hybridized carbons (Fsp3) is 0.500. The number of unbranched alkanes of at least 4 members (excludes halogenated alkanes) is 2. The Morgan fingerprint density at radius 2 is 1.78 bits per heavy atom. The van der Waals surface area contributed by atoms with E-state index in [0.29, 0.717) is 18.7 Å². The first kappa shape index (κ1) is 21.4. The number of halogens is 6. The summed E-state index contributed by atoms with van der Waals surface area (Å²) in [7, 11) is 0. The molecule has 0 amide bonds. The monoisotopic (exact) mass is 394 g/mol. The number of hydrogen-bond donors (Lipinski definition) is 2. The number of aliphatic hydroxyl groups excluding tert-OH is 1. The molecule has 0 saturated carbocycles. The molecular formula is C18H20F6N2O. The van der Waals surface area contributed by atoms with E-state index in [2.05, 4.69) is 10.3 Å². The zero-order valence-corrected chi connectivity index (χ0v) is 14.6. The van der Waals surface area contributed by atoms with Crippen LogP contribution in [-0.2, 0) is 12.4 Å². The SMILES string of the molecule is CCCCCNC(CO)c1cc(C(F)(F)F)nc2c(C(F)(F)F)cccc12. The van der Waals surface area contributed by atoms with Crippen LogP contribution in [0.5, 0.6) is 0 Å². The van der Waals surface area contributed by atoms with Gasteiger partial charge >= 0.3 is 12.4 Å². The molecule has 0 bridgehead atoms. The van der Waals surface area contributed by atoms with Crippen molar-refractivity contribution in [3.05, 3.63) is 41.1 Å². The summed E-state index contributed by atoms with van der Waals surface area (Å²) < 4.78 is 79.4. The molecule has 0 fully saturated rings. The predicted molar refractivity (Wildman–Crippen MR) is 89.1 cm³/mol. The molecule has 0 saturated heterocycles. The average molecular weight is 394 g/mol. The molecule has 2 N–H and O–H groups in total. The minimum Gasteiger partial charge on any atom is -0.394 e. The maximum atomic E-state index is 13.3. The zero-order valence-electron chi connectivity index (χ0n) is 14.6. The molecule has 3 nitrogen and oxygen atoms in total. The van der Waals surface area contributed by atoms with Gasteiger partial charge in [-0.2, -0.15) is 26.3 Å². The van der Waals surface area contributed by atoms with Gasteiger partial charge in [-0.05, 0) is 30.7 Å². The summed E-state index contributed by atoms with van der Waals surface area (Å²) in [6, 6.07) is 2.87. The molecule has 150 valence electrons. The maximum Gasteiger partial charge on any atom is 0.433 e. The van der Waals surface area contributed by atoms with Crippen molar-refractivity contribution in [3.63, 3.8) is 0 Å². The second-order valence-corrected chi connectivity index (χ2v) is 6.19. The van der Waals surface area contributed by atoms with Crippen molar-refractivity contribution in [1.29, 1.82) is 0 Å². The van der Waals surface area contributed by atoms with Crippen molar-refractivity contribution in [2.24, 2.45) is 0 Å². The van der Waals surface area contributed by atoms with Gasteiger partial charge in [0.15, 0.2) is 0 Å². The van der Waals surface area contributed by atoms with Gasteiger partial charge in [0.2, 0.25) is 0 Å². The minimum atomic E-state index is -4.91. The summed E-state index contributed by atoms with van der Waals surface area (Å²) in [6.45, 7) is 1.84. The Hall–Kier alpha value is -1.87. The van der Waals surface area contributed by atoms with Crippen LogP contribution in [0, 0.1) is 0 Å². The van der Waals surface area contributed by atoms with E-state index in [4.69, 9.17) is 0 Å². The second-order valence-electron chi connectivity index (χ2n) is 6.19. The topological polar surface area (TPSA) is 45.1 Å². The third-order valence-electron chi connectivity index (χ3n) is 4.20. The van der Waals surface area contributed by atoms with Crippen LogP contribution in [0.15, 0.2) is 24.3 Å².